The summed E-state index contributed by atoms with van der Waals surface area (Å²) in [5.74, 6) is 1.95. The van der Waals surface area contributed by atoms with E-state index in [1.54, 1.807) is 0 Å². The summed E-state index contributed by atoms with van der Waals surface area (Å²) in [5.41, 5.74) is 2.93. The van der Waals surface area contributed by atoms with Gasteiger partial charge >= 0.3 is 0 Å². The van der Waals surface area contributed by atoms with E-state index in [1.807, 2.05) is 0 Å². The van der Waals surface area contributed by atoms with Crippen LogP contribution in [0.5, 0.6) is 5.75 Å². The maximum Gasteiger partial charge on any atom is 0.122 e. The molecular weight excluding hydrogens is 234 g/mol. The van der Waals surface area contributed by atoms with E-state index in [9.17, 15) is 0 Å². The molecule has 2 aliphatic rings. The average Bonchev–Trinajstić information content (AvgIpc) is 2.38. The number of nitrogens with one attached hydrogen (secondary N) is 1. The molecule has 2 aliphatic carbocycles. The predicted molar refractivity (Wildman–Crippen MR) is 78.6 cm³/mol. The van der Waals surface area contributed by atoms with Crippen LogP contribution >= 0.6 is 0 Å². The molecule has 2 nitrogen and oxygen atoms in total. The van der Waals surface area contributed by atoms with Crippen LogP contribution in [0.3, 0.4) is 0 Å². The molecule has 1 fully saturated rings. The Hall–Kier alpha value is -1.02. The first-order valence-electron chi connectivity index (χ1n) is 7.86. The lowest BCUT2D eigenvalue weighted by Gasteiger charge is -2.29. The van der Waals surface area contributed by atoms with Crippen molar-refractivity contribution in [3.63, 3.8) is 0 Å². The lowest BCUT2D eigenvalue weighted by atomic mass is 9.86. The second-order valence-electron chi connectivity index (χ2n) is 5.93. The summed E-state index contributed by atoms with van der Waals surface area (Å²) in [7, 11) is 0. The van der Waals surface area contributed by atoms with Crippen LogP contribution in [0.15, 0.2) is 18.2 Å². The summed E-state index contributed by atoms with van der Waals surface area (Å²) in [6, 6.07) is 7.12. The topological polar surface area (TPSA) is 21.3 Å². The van der Waals surface area contributed by atoms with Crippen molar-refractivity contribution in [1.29, 1.82) is 0 Å². The highest BCUT2D eigenvalue weighted by Gasteiger charge is 2.23. The smallest absolute Gasteiger partial charge is 0.122 e. The average molecular weight is 259 g/mol. The number of benzene rings is 1. The normalized spacial score (nSPS) is 22.7. The number of rotatable bonds is 5. The molecular formula is C17H25NO. The quantitative estimate of drug-likeness (QED) is 0.867. The first-order chi connectivity index (χ1) is 9.38. The standard InChI is InChI=1S/C17H25NO/c1-2-18-16-10-4-9-15-14(16)8-5-11-17(15)19-12-13-6-3-7-13/h5,8,11,13,16,18H,2-4,6-7,9-10,12H2,1H3. The van der Waals surface area contributed by atoms with Gasteiger partial charge in [0.25, 0.3) is 0 Å². The maximum absolute atomic E-state index is 6.11. The van der Waals surface area contributed by atoms with Gasteiger partial charge in [-0.05, 0) is 61.8 Å². The van der Waals surface area contributed by atoms with Gasteiger partial charge in [0.15, 0.2) is 0 Å². The Balaban J connectivity index is 1.75. The molecule has 0 heterocycles. The van der Waals surface area contributed by atoms with E-state index in [1.165, 1.54) is 49.7 Å². The molecule has 1 N–H and O–H groups in total. The van der Waals surface area contributed by atoms with Gasteiger partial charge in [0.1, 0.15) is 5.75 Å². The molecule has 0 bridgehead atoms. The van der Waals surface area contributed by atoms with Crippen LogP contribution in [0, 0.1) is 5.92 Å². The highest BCUT2D eigenvalue weighted by Crippen LogP contribution is 2.36. The highest BCUT2D eigenvalue weighted by molar-refractivity contribution is 5.43. The van der Waals surface area contributed by atoms with E-state index in [2.05, 4.69) is 30.4 Å². The van der Waals surface area contributed by atoms with Crippen LogP contribution in [0.1, 0.15) is 56.2 Å². The summed E-state index contributed by atoms with van der Waals surface area (Å²) in [5, 5.41) is 3.60. The van der Waals surface area contributed by atoms with Crippen molar-refractivity contribution < 1.29 is 4.74 Å². The van der Waals surface area contributed by atoms with E-state index in [0.29, 0.717) is 6.04 Å². The van der Waals surface area contributed by atoms with Crippen LogP contribution in [-0.4, -0.2) is 13.2 Å². The van der Waals surface area contributed by atoms with Gasteiger partial charge in [-0.25, -0.2) is 0 Å². The summed E-state index contributed by atoms with van der Waals surface area (Å²) < 4.78 is 6.11. The fourth-order valence-corrected chi connectivity index (χ4v) is 3.28. The van der Waals surface area contributed by atoms with Crippen LogP contribution in [0.4, 0.5) is 0 Å². The van der Waals surface area contributed by atoms with Crippen molar-refractivity contribution in [2.24, 2.45) is 5.92 Å². The minimum absolute atomic E-state index is 0.529. The summed E-state index contributed by atoms with van der Waals surface area (Å²) in [6.45, 7) is 4.14. The van der Waals surface area contributed by atoms with Crippen molar-refractivity contribution >= 4 is 0 Å². The van der Waals surface area contributed by atoms with Gasteiger partial charge in [-0.2, -0.15) is 0 Å². The van der Waals surface area contributed by atoms with Gasteiger partial charge in [0.05, 0.1) is 6.61 Å². The zero-order valence-corrected chi connectivity index (χ0v) is 12.0. The molecule has 104 valence electrons. The second-order valence-corrected chi connectivity index (χ2v) is 5.93. The third kappa shape index (κ3) is 2.79. The van der Waals surface area contributed by atoms with Gasteiger partial charge in [-0.15, -0.1) is 0 Å². The Labute approximate surface area is 116 Å². The Bertz CT molecular complexity index is 425. The fraction of sp³-hybridized carbons (Fsp3) is 0.647. The van der Waals surface area contributed by atoms with Gasteiger partial charge in [0.2, 0.25) is 0 Å². The molecule has 0 aliphatic heterocycles. The second kappa shape index (κ2) is 5.96. The third-order valence-corrected chi connectivity index (χ3v) is 4.61. The molecule has 1 unspecified atom stereocenters. The van der Waals surface area contributed by atoms with E-state index in [-0.39, 0.29) is 0 Å². The molecule has 0 saturated heterocycles. The monoisotopic (exact) mass is 259 g/mol. The molecule has 0 radical (unpaired) electrons. The minimum Gasteiger partial charge on any atom is -0.493 e. The van der Waals surface area contributed by atoms with E-state index in [4.69, 9.17) is 4.74 Å². The Morgan fingerprint density at radius 3 is 2.84 bits per heavy atom. The first kappa shape index (κ1) is 13.0. The van der Waals surface area contributed by atoms with Gasteiger partial charge < -0.3 is 10.1 Å². The molecule has 0 aromatic heterocycles. The maximum atomic E-state index is 6.11. The molecule has 2 heteroatoms. The summed E-state index contributed by atoms with van der Waals surface area (Å²) >= 11 is 0. The molecule has 1 aromatic carbocycles. The number of fused-ring (bicyclic) bond motifs is 1. The van der Waals surface area contributed by atoms with Gasteiger partial charge in [-0.3, -0.25) is 0 Å². The van der Waals surface area contributed by atoms with E-state index >= 15 is 0 Å². The first-order valence-corrected chi connectivity index (χ1v) is 7.86. The number of hydrogen-bond acceptors (Lipinski definition) is 2. The summed E-state index contributed by atoms with van der Waals surface area (Å²) in [6.07, 6.45) is 7.81. The summed E-state index contributed by atoms with van der Waals surface area (Å²) in [4.78, 5) is 0. The number of hydrogen-bond donors (Lipinski definition) is 1. The molecule has 1 saturated carbocycles. The Kier molecular flexibility index (Phi) is 4.07. The highest BCUT2D eigenvalue weighted by atomic mass is 16.5. The lowest BCUT2D eigenvalue weighted by molar-refractivity contribution is 0.179. The van der Waals surface area contributed by atoms with Gasteiger partial charge in [0, 0.05) is 6.04 Å². The zero-order chi connectivity index (χ0) is 13.1. The third-order valence-electron chi connectivity index (χ3n) is 4.61. The molecule has 0 amide bonds. The number of ether oxygens (including phenoxy) is 1. The zero-order valence-electron chi connectivity index (χ0n) is 12.0. The Morgan fingerprint density at radius 1 is 1.21 bits per heavy atom. The minimum atomic E-state index is 0.529. The Morgan fingerprint density at radius 2 is 2.11 bits per heavy atom. The molecule has 1 aromatic rings. The molecule has 3 rings (SSSR count). The van der Waals surface area contributed by atoms with Crippen molar-refractivity contribution in [1.82, 2.24) is 5.32 Å². The van der Waals surface area contributed by atoms with E-state index in [0.717, 1.165) is 24.8 Å². The fourth-order valence-electron chi connectivity index (χ4n) is 3.28. The van der Waals surface area contributed by atoms with Crippen LogP contribution in [0.2, 0.25) is 0 Å². The van der Waals surface area contributed by atoms with E-state index < -0.39 is 0 Å². The SMILES string of the molecule is CCNC1CCCc2c(OCC3CCC3)cccc21. The van der Waals surface area contributed by atoms with Crippen molar-refractivity contribution in [3.8, 4) is 5.75 Å². The molecule has 19 heavy (non-hydrogen) atoms. The largest absolute Gasteiger partial charge is 0.493 e. The van der Waals surface area contributed by atoms with Crippen molar-refractivity contribution in [2.45, 2.75) is 51.5 Å². The molecule has 1 atom stereocenters. The lowest BCUT2D eigenvalue weighted by Crippen LogP contribution is -2.25. The molecule has 0 spiro atoms. The van der Waals surface area contributed by atoms with Crippen molar-refractivity contribution in [3.05, 3.63) is 29.3 Å². The van der Waals surface area contributed by atoms with Crippen molar-refractivity contribution in [2.75, 3.05) is 13.2 Å². The van der Waals surface area contributed by atoms with Crippen LogP contribution in [-0.2, 0) is 6.42 Å². The predicted octanol–water partition coefficient (Wildman–Crippen LogP) is 3.85. The van der Waals surface area contributed by atoms with Gasteiger partial charge in [-0.1, -0.05) is 25.5 Å². The van der Waals surface area contributed by atoms with Crippen LogP contribution in [0.25, 0.3) is 0 Å². The van der Waals surface area contributed by atoms with Crippen LogP contribution < -0.4 is 10.1 Å².